The van der Waals surface area contributed by atoms with Crippen molar-refractivity contribution in [3.8, 4) is 28.7 Å². The number of phenols is 3. The van der Waals surface area contributed by atoms with Gasteiger partial charge in [0.25, 0.3) is 0 Å². The first-order valence-corrected chi connectivity index (χ1v) is 20.5. The summed E-state index contributed by atoms with van der Waals surface area (Å²) in [5, 5.41) is 50.9. The van der Waals surface area contributed by atoms with E-state index >= 15 is 0 Å². The van der Waals surface area contributed by atoms with Crippen LogP contribution in [-0.2, 0) is 25.5 Å². The van der Waals surface area contributed by atoms with Crippen molar-refractivity contribution in [3.05, 3.63) is 92.6 Å². The van der Waals surface area contributed by atoms with Gasteiger partial charge in [0, 0.05) is 35.1 Å². The molecule has 0 aromatic heterocycles. The number of fused-ring (bicyclic) bond motifs is 2. The topological polar surface area (TPSA) is 206 Å². The number of ketones is 1. The van der Waals surface area contributed by atoms with Crippen molar-refractivity contribution in [1.29, 1.82) is 0 Å². The molecule has 1 saturated heterocycles. The van der Waals surface area contributed by atoms with Gasteiger partial charge in [-0.3, -0.25) is 4.79 Å². The van der Waals surface area contributed by atoms with Gasteiger partial charge in [0.05, 0.1) is 17.8 Å². The van der Waals surface area contributed by atoms with Gasteiger partial charge in [0.15, 0.2) is 11.4 Å². The van der Waals surface area contributed by atoms with E-state index in [4.69, 9.17) is 24.1 Å². The summed E-state index contributed by atoms with van der Waals surface area (Å²) in [6.07, 6.45) is 13.1. The smallest absolute Gasteiger partial charge is 0.342 e. The number of hydrogen-bond acceptors (Lipinski definition) is 11. The molecule has 0 amide bonds. The summed E-state index contributed by atoms with van der Waals surface area (Å²) < 4.78 is 25.0. The highest BCUT2D eigenvalue weighted by molar-refractivity contribution is 6.17. The maximum Gasteiger partial charge on any atom is 0.342 e. The third-order valence-corrected chi connectivity index (χ3v) is 11.8. The second-order valence-electron chi connectivity index (χ2n) is 17.4. The second-order valence-corrected chi connectivity index (χ2v) is 17.4. The first kappa shape index (κ1) is 46.2. The van der Waals surface area contributed by atoms with Gasteiger partial charge in [-0.25, -0.2) is 14.4 Å². The molecule has 0 saturated carbocycles. The van der Waals surface area contributed by atoms with Gasteiger partial charge in [0.2, 0.25) is 5.60 Å². The van der Waals surface area contributed by atoms with E-state index in [0.29, 0.717) is 48.1 Å². The Morgan fingerprint density at radius 1 is 0.934 bits per heavy atom. The number of aryl methyl sites for hydroxylation is 1. The monoisotopic (exact) mass is 842 g/mol. The maximum absolute atomic E-state index is 14.7. The number of carboxylic acids is 2. The number of ether oxygens (including phenoxy) is 4. The van der Waals surface area contributed by atoms with Gasteiger partial charge in [-0.1, -0.05) is 35.5 Å². The van der Waals surface area contributed by atoms with Gasteiger partial charge in [-0.15, -0.1) is 0 Å². The summed E-state index contributed by atoms with van der Waals surface area (Å²) in [7, 11) is 0. The number of Topliss-reactive ketones (excluding diaryl/α,β-unsaturated/α-hetero) is 1. The zero-order valence-corrected chi connectivity index (χ0v) is 36.6. The predicted molar refractivity (Wildman–Crippen MR) is 228 cm³/mol. The van der Waals surface area contributed by atoms with Crippen molar-refractivity contribution in [3.63, 3.8) is 0 Å². The molecule has 4 atom stereocenters. The fourth-order valence-corrected chi connectivity index (χ4v) is 8.88. The van der Waals surface area contributed by atoms with Crippen LogP contribution in [0.5, 0.6) is 28.7 Å². The lowest BCUT2D eigenvalue weighted by Crippen LogP contribution is -2.66. The number of phenolic OH excluding ortho intramolecular Hbond substituents is 3. The molecular formula is C48H58O13. The molecule has 4 unspecified atom stereocenters. The van der Waals surface area contributed by atoms with Gasteiger partial charge in [0.1, 0.15) is 45.5 Å². The van der Waals surface area contributed by atoms with Crippen LogP contribution in [0.3, 0.4) is 0 Å². The van der Waals surface area contributed by atoms with Gasteiger partial charge >= 0.3 is 17.9 Å². The highest BCUT2D eigenvalue weighted by Gasteiger charge is 2.77. The molecule has 0 bridgehead atoms. The second kappa shape index (κ2) is 17.3. The van der Waals surface area contributed by atoms with Crippen LogP contribution in [0.2, 0.25) is 0 Å². The molecule has 2 aromatic rings. The van der Waals surface area contributed by atoms with Crippen molar-refractivity contribution in [2.75, 3.05) is 6.61 Å². The minimum Gasteiger partial charge on any atom is -0.508 e. The number of carboxylic acid groups (broad SMARTS) is 2. The molecule has 3 aliphatic heterocycles. The summed E-state index contributed by atoms with van der Waals surface area (Å²) in [5.74, 6) is -4.45. The largest absolute Gasteiger partial charge is 0.508 e. The quantitative estimate of drug-likeness (QED) is 0.0814. The van der Waals surface area contributed by atoms with Crippen LogP contribution in [0.4, 0.5) is 0 Å². The third-order valence-electron chi connectivity index (χ3n) is 11.8. The molecule has 1 fully saturated rings. The molecule has 6 rings (SSSR count). The lowest BCUT2D eigenvalue weighted by Gasteiger charge is -2.50. The number of benzene rings is 2. The molecule has 1 aliphatic carbocycles. The number of rotatable bonds is 11. The number of allylic oxidation sites excluding steroid dienone is 5. The molecule has 2 aromatic carbocycles. The Bertz CT molecular complexity index is 2280. The van der Waals surface area contributed by atoms with Gasteiger partial charge < -0.3 is 44.5 Å². The number of hydrogen-bond donors (Lipinski definition) is 5. The van der Waals surface area contributed by atoms with Crippen LogP contribution in [-0.4, -0.2) is 78.2 Å². The SMILES string of the molecule is CC(C)=CCCC1(C)C=Cc2c(O)c3c(c(CC=C(C)C)c2O1)OC12C(=CCCC1C(C)(C)OC2(CC=C(C)C(=O)O)C(=O)O)C3=O.CCOC(=O)c1c(C)cc(O)cc1O. The van der Waals surface area contributed by atoms with Crippen LogP contribution >= 0.6 is 0 Å². The van der Waals surface area contributed by atoms with Gasteiger partial charge in [-0.2, -0.15) is 0 Å². The standard InChI is InChI=1S/C38H46O9.C10H12O4/c1-21(2)11-10-18-36(8)19-17-24-29(39)28-30(40)26-12-9-13-27-35(6,7)47-37(34(43)44,20-16-23(5)33(41)42)38(26,27)46-32(28)25(31(24)45-36)15-14-22(3)4;1-3-14-10(13)9-6(2)4-7(11)5-8(9)12/h11-12,14,16-17,19,27,39H,9-10,13,15,18,20H2,1-8H3,(H,41,42)(H,43,44);4-5,11-12H,3H2,1-2H3. The van der Waals surface area contributed by atoms with Crippen molar-refractivity contribution < 1.29 is 63.7 Å². The number of carbonyl (C=O) groups excluding carboxylic acids is 2. The summed E-state index contributed by atoms with van der Waals surface area (Å²) >= 11 is 0. The van der Waals surface area contributed by atoms with Crippen molar-refractivity contribution in [2.24, 2.45) is 5.92 Å². The van der Waals surface area contributed by atoms with Crippen molar-refractivity contribution in [2.45, 2.75) is 130 Å². The van der Waals surface area contributed by atoms with Crippen LogP contribution in [0.15, 0.2) is 64.8 Å². The molecule has 1 spiro atoms. The number of esters is 1. The molecule has 0 radical (unpaired) electrons. The van der Waals surface area contributed by atoms with E-state index in [0.717, 1.165) is 18.1 Å². The number of carbonyl (C=O) groups is 4. The Morgan fingerprint density at radius 2 is 1.61 bits per heavy atom. The summed E-state index contributed by atoms with van der Waals surface area (Å²) in [5.41, 5.74) is -2.08. The molecule has 13 nitrogen and oxygen atoms in total. The summed E-state index contributed by atoms with van der Waals surface area (Å²) in [6, 6.07) is 2.51. The molecule has 61 heavy (non-hydrogen) atoms. The van der Waals surface area contributed by atoms with Crippen LogP contribution in [0, 0.1) is 12.8 Å². The van der Waals surface area contributed by atoms with E-state index in [2.05, 4.69) is 6.08 Å². The van der Waals surface area contributed by atoms with Crippen LogP contribution in [0.25, 0.3) is 6.08 Å². The molecule has 4 aliphatic rings. The molecular weight excluding hydrogens is 785 g/mol. The van der Waals surface area contributed by atoms with Crippen LogP contribution in [0.1, 0.15) is 132 Å². The average Bonchev–Trinajstić information content (AvgIpc) is 3.36. The molecule has 5 N–H and O–H groups in total. The summed E-state index contributed by atoms with van der Waals surface area (Å²) in [4.78, 5) is 51.4. The van der Waals surface area contributed by atoms with E-state index in [-0.39, 0.29) is 58.3 Å². The minimum absolute atomic E-state index is 0.0407. The molecule has 13 heteroatoms. The summed E-state index contributed by atoms with van der Waals surface area (Å²) in [6.45, 7) is 18.4. The Labute approximate surface area is 356 Å². The predicted octanol–water partition coefficient (Wildman–Crippen LogP) is 9.10. The third kappa shape index (κ3) is 8.44. The van der Waals surface area contributed by atoms with E-state index < -0.39 is 52.0 Å². The van der Waals surface area contributed by atoms with E-state index in [1.54, 1.807) is 39.8 Å². The Morgan fingerprint density at radius 3 is 2.20 bits per heavy atom. The number of aromatic hydroxyl groups is 3. The fraction of sp³-hybridized carbons (Fsp3) is 0.458. The van der Waals surface area contributed by atoms with Crippen molar-refractivity contribution >= 4 is 29.8 Å². The Kier molecular flexibility index (Phi) is 13.1. The Balaban J connectivity index is 0.000000427. The molecule has 3 heterocycles. The van der Waals surface area contributed by atoms with Gasteiger partial charge in [-0.05, 0) is 125 Å². The maximum atomic E-state index is 14.7. The normalized spacial score (nSPS) is 24.2. The zero-order chi connectivity index (χ0) is 45.4. The average molecular weight is 843 g/mol. The molecule has 328 valence electrons. The first-order valence-electron chi connectivity index (χ1n) is 20.5. The number of aliphatic carboxylic acids is 2. The van der Waals surface area contributed by atoms with Crippen LogP contribution < -0.4 is 9.47 Å². The first-order chi connectivity index (χ1) is 28.5. The highest BCUT2D eigenvalue weighted by Crippen LogP contribution is 2.64. The van der Waals surface area contributed by atoms with E-state index in [9.17, 15) is 39.6 Å². The minimum atomic E-state index is -2.16. The highest BCUT2D eigenvalue weighted by atomic mass is 16.6. The van der Waals surface area contributed by atoms with E-state index in [1.807, 2.05) is 46.8 Å². The lowest BCUT2D eigenvalue weighted by molar-refractivity contribution is -0.184. The lowest BCUT2D eigenvalue weighted by atomic mass is 9.60. The zero-order valence-electron chi connectivity index (χ0n) is 36.6. The Hall–Kier alpha value is -5.82. The van der Waals surface area contributed by atoms with Crippen molar-refractivity contribution in [1.82, 2.24) is 0 Å². The fourth-order valence-electron chi connectivity index (χ4n) is 8.88. The van der Waals surface area contributed by atoms with E-state index in [1.165, 1.54) is 24.6 Å².